The Morgan fingerprint density at radius 1 is 1.22 bits per heavy atom. The Hall–Kier alpha value is -1.67. The van der Waals surface area contributed by atoms with E-state index in [0.717, 1.165) is 0 Å². The molecule has 0 spiro atoms. The topological polar surface area (TPSA) is 112 Å². The summed E-state index contributed by atoms with van der Waals surface area (Å²) in [7, 11) is 1.68. The van der Waals surface area contributed by atoms with E-state index < -0.39 is 6.10 Å². The first kappa shape index (κ1) is 14.4. The van der Waals surface area contributed by atoms with E-state index in [2.05, 4.69) is 25.6 Å². The predicted molar refractivity (Wildman–Crippen MR) is 66.7 cm³/mol. The van der Waals surface area contributed by atoms with Crippen molar-refractivity contribution in [3.8, 4) is 6.01 Å². The van der Waals surface area contributed by atoms with Crippen molar-refractivity contribution in [1.29, 1.82) is 0 Å². The smallest absolute Gasteiger partial charge is 0.323 e. The lowest BCUT2D eigenvalue weighted by Gasteiger charge is -2.12. The first-order valence-electron chi connectivity index (χ1n) is 5.68. The molecule has 0 aromatic carbocycles. The number of aromatic nitrogens is 3. The minimum absolute atomic E-state index is 0.0482. The molecular weight excluding hydrogens is 238 g/mol. The molecule has 102 valence electrons. The van der Waals surface area contributed by atoms with Gasteiger partial charge in [-0.2, -0.15) is 15.0 Å². The van der Waals surface area contributed by atoms with Gasteiger partial charge in [-0.25, -0.2) is 0 Å². The molecule has 0 aliphatic rings. The SMILES string of the molecule is CNc1nc(NCC(O)CO)nc(OC(C)C)n1. The van der Waals surface area contributed by atoms with Crippen LogP contribution >= 0.6 is 0 Å². The van der Waals surface area contributed by atoms with Gasteiger partial charge in [-0.15, -0.1) is 0 Å². The van der Waals surface area contributed by atoms with Crippen LogP contribution in [0.2, 0.25) is 0 Å². The Bertz CT molecular complexity index is 375. The second-order valence-corrected chi connectivity index (χ2v) is 3.90. The predicted octanol–water partition coefficient (Wildman–Crippen LogP) is -0.534. The molecule has 0 saturated heterocycles. The summed E-state index contributed by atoms with van der Waals surface area (Å²) in [4.78, 5) is 12.1. The standard InChI is InChI=1S/C10H19N5O3/c1-6(2)18-10-14-8(11-3)13-9(15-10)12-4-7(17)5-16/h6-7,16-17H,4-5H2,1-3H3,(H2,11,12,13,14,15). The van der Waals surface area contributed by atoms with E-state index in [1.54, 1.807) is 7.05 Å². The van der Waals surface area contributed by atoms with Gasteiger partial charge in [0.1, 0.15) is 0 Å². The van der Waals surface area contributed by atoms with Crippen LogP contribution in [0.4, 0.5) is 11.9 Å². The molecule has 4 N–H and O–H groups in total. The average Bonchev–Trinajstić information content (AvgIpc) is 2.34. The van der Waals surface area contributed by atoms with Crippen LogP contribution in [0.3, 0.4) is 0 Å². The fourth-order valence-corrected chi connectivity index (χ4v) is 1.08. The molecule has 1 unspecified atom stereocenters. The lowest BCUT2D eigenvalue weighted by molar-refractivity contribution is 0.105. The quantitative estimate of drug-likeness (QED) is 0.515. The van der Waals surface area contributed by atoms with Crippen molar-refractivity contribution in [2.75, 3.05) is 30.8 Å². The number of hydrogen-bond donors (Lipinski definition) is 4. The van der Waals surface area contributed by atoms with Gasteiger partial charge in [0.15, 0.2) is 0 Å². The summed E-state index contributed by atoms with van der Waals surface area (Å²) in [6, 6.07) is 0.199. The van der Waals surface area contributed by atoms with Crippen molar-refractivity contribution in [3.63, 3.8) is 0 Å². The number of anilines is 2. The zero-order valence-electron chi connectivity index (χ0n) is 10.7. The molecule has 8 heteroatoms. The molecule has 0 fully saturated rings. The number of nitrogens with one attached hydrogen (secondary N) is 2. The number of aliphatic hydroxyl groups is 2. The Labute approximate surface area is 105 Å². The van der Waals surface area contributed by atoms with Gasteiger partial charge in [0.05, 0.1) is 18.8 Å². The molecule has 1 aromatic rings. The Kier molecular flexibility index (Phi) is 5.53. The maximum absolute atomic E-state index is 9.23. The Morgan fingerprint density at radius 3 is 2.44 bits per heavy atom. The van der Waals surface area contributed by atoms with E-state index in [9.17, 15) is 5.11 Å². The van der Waals surface area contributed by atoms with Gasteiger partial charge in [0, 0.05) is 13.6 Å². The van der Waals surface area contributed by atoms with Gasteiger partial charge < -0.3 is 25.6 Å². The van der Waals surface area contributed by atoms with Gasteiger partial charge in [-0.05, 0) is 13.8 Å². The fourth-order valence-electron chi connectivity index (χ4n) is 1.08. The van der Waals surface area contributed by atoms with Crippen molar-refractivity contribution in [1.82, 2.24) is 15.0 Å². The molecule has 1 atom stereocenters. The van der Waals surface area contributed by atoms with Crippen molar-refractivity contribution in [3.05, 3.63) is 0 Å². The normalized spacial score (nSPS) is 12.3. The third-order valence-electron chi connectivity index (χ3n) is 1.89. The maximum Gasteiger partial charge on any atom is 0.323 e. The summed E-state index contributed by atoms with van der Waals surface area (Å²) >= 11 is 0. The van der Waals surface area contributed by atoms with Gasteiger partial charge in [0.2, 0.25) is 11.9 Å². The minimum Gasteiger partial charge on any atom is -0.461 e. The zero-order chi connectivity index (χ0) is 13.5. The van der Waals surface area contributed by atoms with Crippen molar-refractivity contribution in [2.45, 2.75) is 26.1 Å². The molecule has 1 rings (SSSR count). The summed E-state index contributed by atoms with van der Waals surface area (Å²) in [5.41, 5.74) is 0. The molecule has 0 bridgehead atoms. The van der Waals surface area contributed by atoms with Crippen LogP contribution in [-0.2, 0) is 0 Å². The van der Waals surface area contributed by atoms with Gasteiger partial charge >= 0.3 is 6.01 Å². The fraction of sp³-hybridized carbons (Fsp3) is 0.700. The van der Waals surface area contributed by atoms with E-state index in [-0.39, 0.29) is 31.2 Å². The first-order chi connectivity index (χ1) is 8.55. The Morgan fingerprint density at radius 2 is 1.89 bits per heavy atom. The number of ether oxygens (including phenoxy) is 1. The number of hydrogen-bond acceptors (Lipinski definition) is 8. The van der Waals surface area contributed by atoms with Gasteiger partial charge in [-0.3, -0.25) is 0 Å². The highest BCUT2D eigenvalue weighted by Gasteiger charge is 2.09. The van der Waals surface area contributed by atoms with Gasteiger partial charge in [0.25, 0.3) is 0 Å². The molecular formula is C10H19N5O3. The minimum atomic E-state index is -0.866. The number of rotatable bonds is 7. The van der Waals surface area contributed by atoms with Crippen LogP contribution in [-0.4, -0.2) is 57.6 Å². The van der Waals surface area contributed by atoms with E-state index in [0.29, 0.717) is 5.95 Å². The van der Waals surface area contributed by atoms with E-state index in [1.165, 1.54) is 0 Å². The van der Waals surface area contributed by atoms with E-state index >= 15 is 0 Å². The lowest BCUT2D eigenvalue weighted by Crippen LogP contribution is -2.24. The highest BCUT2D eigenvalue weighted by atomic mass is 16.5. The second-order valence-electron chi connectivity index (χ2n) is 3.90. The molecule has 1 heterocycles. The van der Waals surface area contributed by atoms with E-state index in [4.69, 9.17) is 9.84 Å². The summed E-state index contributed by atoms with van der Waals surface area (Å²) in [6.07, 6.45) is -0.915. The van der Waals surface area contributed by atoms with Crippen LogP contribution in [0.15, 0.2) is 0 Å². The summed E-state index contributed by atoms with van der Waals surface area (Å²) in [6.45, 7) is 3.55. The summed E-state index contributed by atoms with van der Waals surface area (Å²) in [5, 5.41) is 23.5. The van der Waals surface area contributed by atoms with Crippen LogP contribution in [0.25, 0.3) is 0 Å². The molecule has 0 amide bonds. The first-order valence-corrected chi connectivity index (χ1v) is 5.68. The third kappa shape index (κ3) is 4.68. The molecule has 0 aliphatic carbocycles. The summed E-state index contributed by atoms with van der Waals surface area (Å²) < 4.78 is 5.38. The molecule has 1 aromatic heterocycles. The van der Waals surface area contributed by atoms with Gasteiger partial charge in [-0.1, -0.05) is 0 Å². The van der Waals surface area contributed by atoms with Crippen molar-refractivity contribution >= 4 is 11.9 Å². The number of nitrogens with zero attached hydrogens (tertiary/aromatic N) is 3. The zero-order valence-corrected chi connectivity index (χ0v) is 10.7. The van der Waals surface area contributed by atoms with Crippen LogP contribution in [0, 0.1) is 0 Å². The summed E-state index contributed by atoms with van der Waals surface area (Å²) in [5.74, 6) is 0.638. The third-order valence-corrected chi connectivity index (χ3v) is 1.89. The number of aliphatic hydroxyl groups excluding tert-OH is 2. The highest BCUT2D eigenvalue weighted by Crippen LogP contribution is 2.12. The van der Waals surface area contributed by atoms with E-state index in [1.807, 2.05) is 13.8 Å². The highest BCUT2D eigenvalue weighted by molar-refractivity contribution is 5.35. The Balaban J connectivity index is 2.76. The molecule has 8 nitrogen and oxygen atoms in total. The van der Waals surface area contributed by atoms with Crippen molar-refractivity contribution in [2.24, 2.45) is 0 Å². The molecule has 0 saturated carbocycles. The largest absolute Gasteiger partial charge is 0.461 e. The van der Waals surface area contributed by atoms with Crippen molar-refractivity contribution < 1.29 is 14.9 Å². The van der Waals surface area contributed by atoms with Crippen LogP contribution < -0.4 is 15.4 Å². The monoisotopic (exact) mass is 257 g/mol. The molecule has 0 aliphatic heterocycles. The average molecular weight is 257 g/mol. The maximum atomic E-state index is 9.23. The molecule has 0 radical (unpaired) electrons. The van der Waals surface area contributed by atoms with Crippen LogP contribution in [0.1, 0.15) is 13.8 Å². The molecule has 18 heavy (non-hydrogen) atoms. The van der Waals surface area contributed by atoms with Crippen LogP contribution in [0.5, 0.6) is 6.01 Å². The lowest BCUT2D eigenvalue weighted by atomic mass is 10.4. The second kappa shape index (κ2) is 6.92.